The zero-order chi connectivity index (χ0) is 10.5. The van der Waals surface area contributed by atoms with E-state index in [0.717, 1.165) is 11.5 Å². The summed E-state index contributed by atoms with van der Waals surface area (Å²) in [6.07, 6.45) is 0. The van der Waals surface area contributed by atoms with Crippen molar-refractivity contribution < 1.29 is 4.79 Å². The summed E-state index contributed by atoms with van der Waals surface area (Å²) in [5, 5.41) is 0. The Morgan fingerprint density at radius 3 is 2.54 bits per heavy atom. The van der Waals surface area contributed by atoms with Gasteiger partial charge in [0.25, 0.3) is 0 Å². The average Bonchev–Trinajstić information content (AvgIpc) is 2.00. The fraction of sp³-hybridized carbons (Fsp3) is 0.875. The number of carbonyl (C=O) groups is 1. The molecule has 0 radical (unpaired) electrons. The van der Waals surface area contributed by atoms with Crippen molar-refractivity contribution in [3.63, 3.8) is 0 Å². The molecule has 0 fully saturated rings. The SMILES string of the molecule is CC(CSCC(C)(C)N)C(=O)NN. The van der Waals surface area contributed by atoms with Crippen LogP contribution in [0, 0.1) is 5.92 Å². The number of carbonyl (C=O) groups excluding carboxylic acids is 1. The lowest BCUT2D eigenvalue weighted by molar-refractivity contribution is -0.123. The maximum Gasteiger partial charge on any atom is 0.237 e. The van der Waals surface area contributed by atoms with Crippen molar-refractivity contribution in [2.45, 2.75) is 26.3 Å². The van der Waals surface area contributed by atoms with E-state index in [0.29, 0.717) is 0 Å². The van der Waals surface area contributed by atoms with E-state index in [1.165, 1.54) is 0 Å². The van der Waals surface area contributed by atoms with Crippen molar-refractivity contribution >= 4 is 17.7 Å². The monoisotopic (exact) mass is 205 g/mol. The van der Waals surface area contributed by atoms with Crippen LogP contribution in [0.15, 0.2) is 0 Å². The van der Waals surface area contributed by atoms with Gasteiger partial charge in [0.15, 0.2) is 0 Å². The lowest BCUT2D eigenvalue weighted by Gasteiger charge is -2.18. The molecule has 0 aromatic heterocycles. The number of rotatable bonds is 5. The van der Waals surface area contributed by atoms with Gasteiger partial charge in [-0.25, -0.2) is 5.84 Å². The van der Waals surface area contributed by atoms with Crippen LogP contribution in [0.4, 0.5) is 0 Å². The smallest absolute Gasteiger partial charge is 0.237 e. The highest BCUT2D eigenvalue weighted by atomic mass is 32.2. The van der Waals surface area contributed by atoms with Gasteiger partial charge < -0.3 is 5.73 Å². The first-order valence-electron chi connectivity index (χ1n) is 4.24. The van der Waals surface area contributed by atoms with Crippen LogP contribution in [-0.4, -0.2) is 23.0 Å². The molecule has 0 aliphatic heterocycles. The molecule has 0 aromatic carbocycles. The van der Waals surface area contributed by atoms with Crippen LogP contribution >= 0.6 is 11.8 Å². The van der Waals surface area contributed by atoms with E-state index in [-0.39, 0.29) is 17.4 Å². The first kappa shape index (κ1) is 12.7. The molecule has 0 aliphatic rings. The summed E-state index contributed by atoms with van der Waals surface area (Å²) in [5.74, 6) is 6.41. The lowest BCUT2D eigenvalue weighted by atomic mass is 10.1. The Bertz CT molecular complexity index is 167. The number of hydrogen-bond donors (Lipinski definition) is 3. The molecule has 0 aromatic rings. The van der Waals surface area contributed by atoms with Crippen LogP contribution in [0.25, 0.3) is 0 Å². The quantitative estimate of drug-likeness (QED) is 0.337. The topological polar surface area (TPSA) is 81.1 Å². The van der Waals surface area contributed by atoms with Crippen molar-refractivity contribution in [1.29, 1.82) is 0 Å². The van der Waals surface area contributed by atoms with E-state index in [9.17, 15) is 4.79 Å². The molecule has 0 saturated heterocycles. The molecular formula is C8H19N3OS. The molecule has 1 amide bonds. The summed E-state index contributed by atoms with van der Waals surface area (Å²) in [7, 11) is 0. The van der Waals surface area contributed by atoms with Crippen LogP contribution in [0.1, 0.15) is 20.8 Å². The van der Waals surface area contributed by atoms with Gasteiger partial charge in [-0.1, -0.05) is 6.92 Å². The second-order valence-electron chi connectivity index (χ2n) is 3.91. The third-order valence-corrected chi connectivity index (χ3v) is 3.12. The van der Waals surface area contributed by atoms with Crippen LogP contribution in [0.5, 0.6) is 0 Å². The van der Waals surface area contributed by atoms with Crippen molar-refractivity contribution in [1.82, 2.24) is 5.43 Å². The van der Waals surface area contributed by atoms with Gasteiger partial charge >= 0.3 is 0 Å². The predicted molar refractivity (Wildman–Crippen MR) is 57.1 cm³/mol. The van der Waals surface area contributed by atoms with Gasteiger partial charge in [-0.15, -0.1) is 0 Å². The fourth-order valence-electron chi connectivity index (χ4n) is 0.717. The second-order valence-corrected chi connectivity index (χ2v) is 4.94. The van der Waals surface area contributed by atoms with Gasteiger partial charge in [-0.05, 0) is 13.8 Å². The van der Waals surface area contributed by atoms with E-state index < -0.39 is 0 Å². The van der Waals surface area contributed by atoms with Crippen molar-refractivity contribution in [3.8, 4) is 0 Å². The molecule has 0 heterocycles. The average molecular weight is 205 g/mol. The van der Waals surface area contributed by atoms with Gasteiger partial charge in [0.05, 0.1) is 0 Å². The molecule has 0 spiro atoms. The number of thioether (sulfide) groups is 1. The van der Waals surface area contributed by atoms with Crippen molar-refractivity contribution in [3.05, 3.63) is 0 Å². The van der Waals surface area contributed by atoms with E-state index in [1.54, 1.807) is 11.8 Å². The number of amides is 1. The van der Waals surface area contributed by atoms with Crippen LogP contribution in [0.2, 0.25) is 0 Å². The largest absolute Gasteiger partial charge is 0.325 e. The lowest BCUT2D eigenvalue weighted by Crippen LogP contribution is -2.37. The first-order chi connectivity index (χ1) is 5.87. The Morgan fingerprint density at radius 1 is 1.62 bits per heavy atom. The maximum atomic E-state index is 11.0. The number of hydrogen-bond acceptors (Lipinski definition) is 4. The highest BCUT2D eigenvalue weighted by Gasteiger charge is 2.14. The standard InChI is InChI=1S/C8H19N3OS/c1-6(7(12)11-10)4-13-5-8(2,3)9/h6H,4-5,9-10H2,1-3H3,(H,11,12). The second kappa shape index (κ2) is 5.47. The van der Waals surface area contributed by atoms with Crippen LogP contribution in [0.3, 0.4) is 0 Å². The van der Waals surface area contributed by atoms with E-state index in [1.807, 2.05) is 20.8 Å². The van der Waals surface area contributed by atoms with Crippen LogP contribution in [-0.2, 0) is 4.79 Å². The van der Waals surface area contributed by atoms with Gasteiger partial charge in [0, 0.05) is 23.0 Å². The fourth-order valence-corrected chi connectivity index (χ4v) is 1.87. The van der Waals surface area contributed by atoms with Crippen molar-refractivity contribution in [2.75, 3.05) is 11.5 Å². The van der Waals surface area contributed by atoms with E-state index >= 15 is 0 Å². The number of nitrogens with two attached hydrogens (primary N) is 2. The Kier molecular flexibility index (Phi) is 5.36. The minimum absolute atomic E-state index is 0.0580. The Balaban J connectivity index is 3.59. The summed E-state index contributed by atoms with van der Waals surface area (Å²) in [4.78, 5) is 11.0. The summed E-state index contributed by atoms with van der Waals surface area (Å²) >= 11 is 1.67. The van der Waals surface area contributed by atoms with Gasteiger partial charge in [0.1, 0.15) is 0 Å². The Hall–Kier alpha value is -0.260. The molecule has 5 N–H and O–H groups in total. The third-order valence-electron chi connectivity index (χ3n) is 1.43. The van der Waals surface area contributed by atoms with Gasteiger partial charge in [-0.2, -0.15) is 11.8 Å². The zero-order valence-corrected chi connectivity index (χ0v) is 9.28. The summed E-state index contributed by atoms with van der Waals surface area (Å²) in [5.41, 5.74) is 7.74. The van der Waals surface area contributed by atoms with E-state index in [2.05, 4.69) is 5.43 Å². The molecule has 0 saturated carbocycles. The Labute approximate surface area is 83.8 Å². The molecule has 0 aliphatic carbocycles. The van der Waals surface area contributed by atoms with Gasteiger partial charge in [-0.3, -0.25) is 10.2 Å². The van der Waals surface area contributed by atoms with E-state index in [4.69, 9.17) is 11.6 Å². The normalized spacial score (nSPS) is 13.9. The molecular weight excluding hydrogens is 186 g/mol. The molecule has 1 unspecified atom stereocenters. The molecule has 5 heteroatoms. The first-order valence-corrected chi connectivity index (χ1v) is 5.39. The van der Waals surface area contributed by atoms with Crippen molar-refractivity contribution in [2.24, 2.45) is 17.5 Å². The maximum absolute atomic E-state index is 11.0. The minimum atomic E-state index is -0.177. The highest BCUT2D eigenvalue weighted by Crippen LogP contribution is 2.13. The molecule has 78 valence electrons. The van der Waals surface area contributed by atoms with Gasteiger partial charge in [0.2, 0.25) is 5.91 Å². The summed E-state index contributed by atoms with van der Waals surface area (Å²) in [6.45, 7) is 5.78. The third kappa shape index (κ3) is 6.86. The predicted octanol–water partition coefficient (Wildman–Crippen LogP) is 0.0829. The molecule has 1 atom stereocenters. The molecule has 4 nitrogen and oxygen atoms in total. The summed E-state index contributed by atoms with van der Waals surface area (Å²) in [6, 6.07) is 0. The molecule has 0 bridgehead atoms. The zero-order valence-electron chi connectivity index (χ0n) is 8.46. The van der Waals surface area contributed by atoms with Crippen LogP contribution < -0.4 is 17.0 Å². The molecule has 13 heavy (non-hydrogen) atoms. The Morgan fingerprint density at radius 2 is 2.15 bits per heavy atom. The highest BCUT2D eigenvalue weighted by molar-refractivity contribution is 7.99. The summed E-state index contributed by atoms with van der Waals surface area (Å²) < 4.78 is 0. The minimum Gasteiger partial charge on any atom is -0.325 e. The molecule has 0 rings (SSSR count). The number of nitrogens with one attached hydrogen (secondary N) is 1. The number of hydrazine groups is 1.